The number of alkyl carbamates (subject to hydrolysis) is 1. The summed E-state index contributed by atoms with van der Waals surface area (Å²) >= 11 is 0. The molecule has 0 aliphatic heterocycles. The lowest BCUT2D eigenvalue weighted by atomic mass is 10.1. The van der Waals surface area contributed by atoms with Crippen LogP contribution in [0.4, 0.5) is 10.5 Å². The maximum Gasteiger partial charge on any atom is 0.408 e. The fourth-order valence-corrected chi connectivity index (χ4v) is 1.86. The summed E-state index contributed by atoms with van der Waals surface area (Å²) < 4.78 is 10.5. The Balaban J connectivity index is 2.75. The van der Waals surface area contributed by atoms with Crippen molar-refractivity contribution < 1.29 is 24.2 Å². The molecule has 0 bridgehead atoms. The van der Waals surface area contributed by atoms with Gasteiger partial charge >= 0.3 is 12.1 Å². The van der Waals surface area contributed by atoms with Gasteiger partial charge in [0.25, 0.3) is 0 Å². The van der Waals surface area contributed by atoms with Gasteiger partial charge in [-0.2, -0.15) is 0 Å². The predicted molar refractivity (Wildman–Crippen MR) is 86.6 cm³/mol. The molecular formula is C16H24N2O5. The van der Waals surface area contributed by atoms with E-state index in [0.717, 1.165) is 11.1 Å². The highest BCUT2D eigenvalue weighted by Gasteiger charge is 2.25. The van der Waals surface area contributed by atoms with Crippen molar-refractivity contribution >= 4 is 17.7 Å². The number of carboxylic acid groups (broad SMARTS) is 1. The first-order valence-electron chi connectivity index (χ1n) is 7.21. The van der Waals surface area contributed by atoms with Gasteiger partial charge in [0.15, 0.2) is 6.04 Å². The second kappa shape index (κ2) is 7.21. The van der Waals surface area contributed by atoms with E-state index in [1.807, 2.05) is 19.9 Å². The number of hydrogen-bond donors (Lipinski definition) is 3. The molecule has 0 aliphatic rings. The summed E-state index contributed by atoms with van der Waals surface area (Å²) in [6, 6.07) is 2.37. The largest absolute Gasteiger partial charge is 0.489 e. The number of anilines is 1. The average Bonchev–Trinajstić information content (AvgIpc) is 2.37. The van der Waals surface area contributed by atoms with Gasteiger partial charge in [-0.1, -0.05) is 6.07 Å². The number of hydrogen-bond acceptors (Lipinski definition) is 5. The van der Waals surface area contributed by atoms with Crippen molar-refractivity contribution in [3.05, 3.63) is 23.3 Å². The number of carboxylic acids is 1. The summed E-state index contributed by atoms with van der Waals surface area (Å²) in [5.74, 6) is -0.835. The van der Waals surface area contributed by atoms with Crippen LogP contribution in [-0.4, -0.2) is 35.4 Å². The van der Waals surface area contributed by atoms with E-state index >= 15 is 0 Å². The molecule has 1 aromatic rings. The van der Waals surface area contributed by atoms with Crippen LogP contribution in [0.2, 0.25) is 0 Å². The van der Waals surface area contributed by atoms with Crippen LogP contribution in [0.5, 0.6) is 5.75 Å². The molecule has 0 spiro atoms. The van der Waals surface area contributed by atoms with Gasteiger partial charge in [0.1, 0.15) is 18.0 Å². The van der Waals surface area contributed by atoms with Crippen molar-refractivity contribution in [2.45, 2.75) is 46.3 Å². The molecule has 0 radical (unpaired) electrons. The number of aryl methyl sites for hydroxylation is 2. The monoisotopic (exact) mass is 324 g/mol. The third kappa shape index (κ3) is 6.06. The van der Waals surface area contributed by atoms with Crippen LogP contribution in [0.15, 0.2) is 12.1 Å². The zero-order valence-electron chi connectivity index (χ0n) is 14.1. The Morgan fingerprint density at radius 1 is 1.30 bits per heavy atom. The molecule has 4 N–H and O–H groups in total. The number of nitrogens with one attached hydrogen (secondary N) is 1. The van der Waals surface area contributed by atoms with Crippen molar-refractivity contribution in [3.63, 3.8) is 0 Å². The lowest BCUT2D eigenvalue weighted by Gasteiger charge is -2.22. The number of nitrogens with two attached hydrogens (primary N) is 1. The molecule has 7 nitrogen and oxygen atoms in total. The summed E-state index contributed by atoms with van der Waals surface area (Å²) in [6.07, 6.45) is -0.818. The Bertz CT molecular complexity index is 593. The van der Waals surface area contributed by atoms with Gasteiger partial charge in [-0.15, -0.1) is 0 Å². The van der Waals surface area contributed by atoms with E-state index in [0.29, 0.717) is 11.4 Å². The van der Waals surface area contributed by atoms with Crippen LogP contribution in [0.3, 0.4) is 0 Å². The molecule has 7 heteroatoms. The molecule has 1 amide bonds. The molecule has 1 aromatic carbocycles. The summed E-state index contributed by atoms with van der Waals surface area (Å²) in [5.41, 5.74) is 7.42. The average molecular weight is 324 g/mol. The number of rotatable bonds is 5. The van der Waals surface area contributed by atoms with Crippen molar-refractivity contribution in [1.29, 1.82) is 0 Å². The SMILES string of the molecule is Cc1cc(C)c(N)c(OC[C@H](NC(=O)OC(C)(C)C)C(=O)O)c1. The number of carbonyl (C=O) groups excluding carboxylic acids is 1. The maximum absolute atomic E-state index is 11.7. The lowest BCUT2D eigenvalue weighted by molar-refractivity contribution is -0.140. The fraction of sp³-hybridized carbons (Fsp3) is 0.500. The second-order valence-electron chi connectivity index (χ2n) is 6.34. The highest BCUT2D eigenvalue weighted by Crippen LogP contribution is 2.26. The minimum Gasteiger partial charge on any atom is -0.489 e. The molecule has 1 rings (SSSR count). The standard InChI is InChI=1S/C16H24N2O5/c1-9-6-10(2)13(17)12(7-9)22-8-11(14(19)20)18-15(21)23-16(3,4)5/h6-7,11H,8,17H2,1-5H3,(H,18,21)(H,19,20)/t11-/m0/s1. The first kappa shape index (κ1) is 18.6. The molecule has 0 heterocycles. The third-order valence-corrected chi connectivity index (χ3v) is 2.89. The molecule has 0 fully saturated rings. The Labute approximate surface area is 135 Å². The highest BCUT2D eigenvalue weighted by atomic mass is 16.6. The lowest BCUT2D eigenvalue weighted by Crippen LogP contribution is -2.46. The van der Waals surface area contributed by atoms with E-state index in [-0.39, 0.29) is 6.61 Å². The molecule has 23 heavy (non-hydrogen) atoms. The van der Waals surface area contributed by atoms with Gasteiger partial charge in [-0.25, -0.2) is 9.59 Å². The second-order valence-corrected chi connectivity index (χ2v) is 6.34. The number of amides is 1. The zero-order valence-corrected chi connectivity index (χ0v) is 14.1. The Morgan fingerprint density at radius 2 is 1.91 bits per heavy atom. The van der Waals surface area contributed by atoms with E-state index in [9.17, 15) is 14.7 Å². The first-order chi connectivity index (χ1) is 10.5. The van der Waals surface area contributed by atoms with E-state index < -0.39 is 23.7 Å². The van der Waals surface area contributed by atoms with Crippen molar-refractivity contribution in [2.75, 3.05) is 12.3 Å². The minimum atomic E-state index is -1.25. The van der Waals surface area contributed by atoms with Crippen LogP contribution in [0.1, 0.15) is 31.9 Å². The van der Waals surface area contributed by atoms with Crippen molar-refractivity contribution in [3.8, 4) is 5.75 Å². The maximum atomic E-state index is 11.7. The normalized spacial score (nSPS) is 12.4. The Morgan fingerprint density at radius 3 is 2.43 bits per heavy atom. The molecule has 1 atom stereocenters. The van der Waals surface area contributed by atoms with Crippen molar-refractivity contribution in [1.82, 2.24) is 5.32 Å². The predicted octanol–water partition coefficient (Wildman–Crippen LogP) is 2.24. The van der Waals surface area contributed by atoms with Crippen LogP contribution < -0.4 is 15.8 Å². The molecule has 0 aromatic heterocycles. The summed E-state index contributed by atoms with van der Waals surface area (Å²) in [4.78, 5) is 22.9. The summed E-state index contributed by atoms with van der Waals surface area (Å²) in [5, 5.41) is 11.5. The molecule has 0 saturated carbocycles. The summed E-state index contributed by atoms with van der Waals surface area (Å²) in [7, 11) is 0. The molecule has 0 unspecified atom stereocenters. The Kier molecular flexibility index (Phi) is 5.84. The van der Waals surface area contributed by atoms with Gasteiger partial charge in [-0.3, -0.25) is 0 Å². The third-order valence-electron chi connectivity index (χ3n) is 2.89. The van der Waals surface area contributed by atoms with Crippen LogP contribution in [0, 0.1) is 13.8 Å². The topological polar surface area (TPSA) is 111 Å². The fourth-order valence-electron chi connectivity index (χ4n) is 1.86. The minimum absolute atomic E-state index is 0.262. The van der Waals surface area contributed by atoms with E-state index in [4.69, 9.17) is 15.2 Å². The quantitative estimate of drug-likeness (QED) is 0.716. The molecular weight excluding hydrogens is 300 g/mol. The number of carbonyl (C=O) groups is 2. The van der Waals surface area contributed by atoms with Crippen LogP contribution >= 0.6 is 0 Å². The first-order valence-corrected chi connectivity index (χ1v) is 7.21. The highest BCUT2D eigenvalue weighted by molar-refractivity contribution is 5.80. The molecule has 0 saturated heterocycles. The number of nitrogen functional groups attached to an aromatic ring is 1. The number of benzene rings is 1. The van der Waals surface area contributed by atoms with Crippen LogP contribution in [0.25, 0.3) is 0 Å². The number of aliphatic carboxylic acids is 1. The van der Waals surface area contributed by atoms with Gasteiger partial charge < -0.3 is 25.6 Å². The molecule has 128 valence electrons. The van der Waals surface area contributed by atoms with Gasteiger partial charge in [-0.05, 0) is 51.8 Å². The zero-order chi connectivity index (χ0) is 17.8. The van der Waals surface area contributed by atoms with Gasteiger partial charge in [0, 0.05) is 0 Å². The van der Waals surface area contributed by atoms with E-state index in [2.05, 4.69) is 5.32 Å². The van der Waals surface area contributed by atoms with Crippen molar-refractivity contribution in [2.24, 2.45) is 0 Å². The number of ether oxygens (including phenoxy) is 2. The van der Waals surface area contributed by atoms with Gasteiger partial charge in [0.2, 0.25) is 0 Å². The van der Waals surface area contributed by atoms with E-state index in [1.54, 1.807) is 26.8 Å². The Hall–Kier alpha value is -2.44. The van der Waals surface area contributed by atoms with Gasteiger partial charge in [0.05, 0.1) is 5.69 Å². The summed E-state index contributed by atoms with van der Waals surface area (Å²) in [6.45, 7) is 8.52. The van der Waals surface area contributed by atoms with Crippen LogP contribution in [-0.2, 0) is 9.53 Å². The van der Waals surface area contributed by atoms with E-state index in [1.165, 1.54) is 0 Å². The molecule has 0 aliphatic carbocycles. The smallest absolute Gasteiger partial charge is 0.408 e.